The molecule has 1 unspecified atom stereocenters. The number of rotatable bonds is 4. The van der Waals surface area contributed by atoms with Crippen molar-refractivity contribution in [3.63, 3.8) is 0 Å². The van der Waals surface area contributed by atoms with Gasteiger partial charge in [0.05, 0.1) is 7.11 Å². The van der Waals surface area contributed by atoms with Crippen LogP contribution in [0.5, 0.6) is 5.75 Å². The minimum Gasteiger partial charge on any atom is -0.497 e. The molecule has 156 valence electrons. The van der Waals surface area contributed by atoms with Gasteiger partial charge in [0.1, 0.15) is 5.75 Å². The maximum absolute atomic E-state index is 5.35. The van der Waals surface area contributed by atoms with Crippen LogP contribution in [0.1, 0.15) is 12.0 Å². The third-order valence-electron chi connectivity index (χ3n) is 5.64. The molecule has 3 rings (SSSR count). The van der Waals surface area contributed by atoms with E-state index in [9.17, 15) is 0 Å². The van der Waals surface area contributed by atoms with E-state index in [1.165, 1.54) is 11.1 Å². The molecule has 6 nitrogen and oxygen atoms in total. The van der Waals surface area contributed by atoms with E-state index in [1.807, 2.05) is 13.1 Å². The molecule has 0 spiro atoms. The monoisotopic (exact) mass is 499 g/mol. The Bertz CT molecular complexity index is 693. The Morgan fingerprint density at radius 3 is 2.75 bits per heavy atom. The lowest BCUT2D eigenvalue weighted by molar-refractivity contribution is 0.116. The number of ether oxygens (including phenoxy) is 1. The molecule has 2 aliphatic heterocycles. The summed E-state index contributed by atoms with van der Waals surface area (Å²) in [6.07, 6.45) is 3.32. The van der Waals surface area contributed by atoms with Crippen molar-refractivity contribution in [2.45, 2.75) is 12.5 Å². The van der Waals surface area contributed by atoms with Crippen LogP contribution in [-0.2, 0) is 0 Å². The van der Waals surface area contributed by atoms with Crippen LogP contribution >= 0.6 is 24.0 Å². The van der Waals surface area contributed by atoms with Crippen LogP contribution in [-0.4, -0.2) is 94.2 Å². The zero-order valence-electron chi connectivity index (χ0n) is 17.5. The van der Waals surface area contributed by atoms with E-state index in [2.05, 4.69) is 63.4 Å². The first kappa shape index (κ1) is 23.0. The summed E-state index contributed by atoms with van der Waals surface area (Å²) in [6.45, 7) is 6.15. The molecule has 1 aromatic carbocycles. The van der Waals surface area contributed by atoms with Crippen molar-refractivity contribution in [3.05, 3.63) is 35.9 Å². The lowest BCUT2D eigenvalue weighted by Gasteiger charge is -2.38. The molecule has 0 aromatic heterocycles. The van der Waals surface area contributed by atoms with Gasteiger partial charge in [-0.15, -0.1) is 24.0 Å². The van der Waals surface area contributed by atoms with Gasteiger partial charge in [-0.2, -0.15) is 0 Å². The summed E-state index contributed by atoms with van der Waals surface area (Å²) in [6, 6.07) is 8.84. The van der Waals surface area contributed by atoms with Gasteiger partial charge >= 0.3 is 0 Å². The normalized spacial score (nSPS) is 21.7. The maximum Gasteiger partial charge on any atom is 0.193 e. The minimum absolute atomic E-state index is 0. The SMILES string of the molecule is CN=C(NCC1CN(C)CCN1C)N1CC=C(c2cccc(OC)c2)CC1.I. The molecule has 0 radical (unpaired) electrons. The average Bonchev–Trinajstić information content (AvgIpc) is 2.71. The number of aliphatic imine (C=N–C) groups is 1. The molecular weight excluding hydrogens is 465 g/mol. The first-order chi connectivity index (χ1) is 13.1. The Hall–Kier alpha value is -1.32. The molecule has 0 aliphatic carbocycles. The molecule has 0 bridgehead atoms. The fraction of sp³-hybridized carbons (Fsp3) is 0.571. The van der Waals surface area contributed by atoms with Crippen molar-refractivity contribution in [1.82, 2.24) is 20.0 Å². The van der Waals surface area contributed by atoms with E-state index in [0.29, 0.717) is 6.04 Å². The van der Waals surface area contributed by atoms with Gasteiger partial charge < -0.3 is 19.9 Å². The van der Waals surface area contributed by atoms with Gasteiger partial charge in [0.15, 0.2) is 5.96 Å². The van der Waals surface area contributed by atoms with Crippen molar-refractivity contribution < 1.29 is 4.74 Å². The number of likely N-dealkylation sites (N-methyl/N-ethyl adjacent to an activating group) is 2. The Morgan fingerprint density at radius 2 is 2.07 bits per heavy atom. The predicted molar refractivity (Wildman–Crippen MR) is 128 cm³/mol. The standard InChI is InChI=1S/C21H33N5O.HI/c1-22-21(23-15-19-16-24(2)12-13-25(19)3)26-10-8-17(9-11-26)18-6-5-7-20(14-18)27-4;/h5-8,14,19H,9-13,15-16H2,1-4H3,(H,22,23);1H. The molecule has 28 heavy (non-hydrogen) atoms. The third kappa shape index (κ3) is 5.84. The number of hydrogen-bond acceptors (Lipinski definition) is 4. The van der Waals surface area contributed by atoms with E-state index < -0.39 is 0 Å². The van der Waals surface area contributed by atoms with Gasteiger partial charge in [-0.1, -0.05) is 18.2 Å². The highest BCUT2D eigenvalue weighted by Crippen LogP contribution is 2.25. The predicted octanol–water partition coefficient (Wildman–Crippen LogP) is 2.22. The van der Waals surface area contributed by atoms with E-state index in [0.717, 1.165) is 57.4 Å². The summed E-state index contributed by atoms with van der Waals surface area (Å²) in [4.78, 5) is 11.7. The minimum atomic E-state index is 0. The van der Waals surface area contributed by atoms with Crippen LogP contribution in [0.3, 0.4) is 0 Å². The number of nitrogens with one attached hydrogen (secondary N) is 1. The van der Waals surface area contributed by atoms with Crippen LogP contribution in [0.25, 0.3) is 5.57 Å². The van der Waals surface area contributed by atoms with Crippen LogP contribution in [0.15, 0.2) is 35.3 Å². The first-order valence-electron chi connectivity index (χ1n) is 9.78. The molecule has 1 fully saturated rings. The van der Waals surface area contributed by atoms with Crippen molar-refractivity contribution >= 4 is 35.5 Å². The third-order valence-corrected chi connectivity index (χ3v) is 5.64. The van der Waals surface area contributed by atoms with E-state index in [4.69, 9.17) is 4.74 Å². The number of nitrogens with zero attached hydrogens (tertiary/aromatic N) is 4. The fourth-order valence-electron chi connectivity index (χ4n) is 3.81. The fourth-order valence-corrected chi connectivity index (χ4v) is 3.81. The van der Waals surface area contributed by atoms with Gasteiger partial charge in [0.25, 0.3) is 0 Å². The zero-order chi connectivity index (χ0) is 19.2. The molecule has 2 aliphatic rings. The molecule has 0 saturated carbocycles. The van der Waals surface area contributed by atoms with E-state index in [-0.39, 0.29) is 24.0 Å². The second-order valence-electron chi connectivity index (χ2n) is 7.48. The Kier molecular flexibility index (Phi) is 9.04. The van der Waals surface area contributed by atoms with Crippen molar-refractivity contribution in [3.8, 4) is 5.75 Å². The second-order valence-corrected chi connectivity index (χ2v) is 7.48. The molecule has 1 N–H and O–H groups in total. The summed E-state index contributed by atoms with van der Waals surface area (Å²) >= 11 is 0. The summed E-state index contributed by atoms with van der Waals surface area (Å²) in [5.74, 6) is 1.91. The van der Waals surface area contributed by atoms with E-state index >= 15 is 0 Å². The quantitative estimate of drug-likeness (QED) is 0.391. The lowest BCUT2D eigenvalue weighted by atomic mass is 9.99. The highest BCUT2D eigenvalue weighted by molar-refractivity contribution is 14.0. The average molecular weight is 499 g/mol. The molecule has 1 aromatic rings. The number of guanidine groups is 1. The van der Waals surface area contributed by atoms with Gasteiger partial charge in [-0.05, 0) is 43.8 Å². The molecule has 1 saturated heterocycles. The summed E-state index contributed by atoms with van der Waals surface area (Å²) in [5.41, 5.74) is 2.64. The Balaban J connectivity index is 0.00000280. The lowest BCUT2D eigenvalue weighted by Crippen LogP contribution is -2.56. The smallest absolute Gasteiger partial charge is 0.193 e. The van der Waals surface area contributed by atoms with Crippen LogP contribution in [0.4, 0.5) is 0 Å². The highest BCUT2D eigenvalue weighted by atomic mass is 127. The topological polar surface area (TPSA) is 43.3 Å². The number of halogens is 1. The van der Waals surface area contributed by atoms with Crippen molar-refractivity contribution in [1.29, 1.82) is 0 Å². The molecule has 7 heteroatoms. The summed E-state index contributed by atoms with van der Waals surface area (Å²) in [5, 5.41) is 3.59. The van der Waals surface area contributed by atoms with E-state index in [1.54, 1.807) is 7.11 Å². The Morgan fingerprint density at radius 1 is 1.25 bits per heavy atom. The van der Waals surface area contributed by atoms with Crippen molar-refractivity contribution in [2.24, 2.45) is 4.99 Å². The molecular formula is C21H34IN5O. The number of methoxy groups -OCH3 is 1. The first-order valence-corrected chi connectivity index (χ1v) is 9.78. The largest absolute Gasteiger partial charge is 0.497 e. The number of hydrogen-bond donors (Lipinski definition) is 1. The van der Waals surface area contributed by atoms with Crippen LogP contribution in [0, 0.1) is 0 Å². The molecule has 1 atom stereocenters. The van der Waals surface area contributed by atoms with Crippen molar-refractivity contribution in [2.75, 3.05) is 67.5 Å². The molecule has 2 heterocycles. The Labute approximate surface area is 186 Å². The van der Waals surface area contributed by atoms with Gasteiger partial charge in [0.2, 0.25) is 0 Å². The summed E-state index contributed by atoms with van der Waals surface area (Å²) in [7, 11) is 8.00. The van der Waals surface area contributed by atoms with Gasteiger partial charge in [-0.3, -0.25) is 9.89 Å². The van der Waals surface area contributed by atoms with Gasteiger partial charge in [-0.25, -0.2) is 0 Å². The zero-order valence-corrected chi connectivity index (χ0v) is 19.8. The second kappa shape index (κ2) is 11.0. The van der Waals surface area contributed by atoms with Crippen LogP contribution < -0.4 is 10.1 Å². The number of benzene rings is 1. The van der Waals surface area contributed by atoms with Gasteiger partial charge in [0, 0.05) is 52.4 Å². The summed E-state index contributed by atoms with van der Waals surface area (Å²) < 4.78 is 5.35. The number of piperazine rings is 1. The molecule has 0 amide bonds. The maximum atomic E-state index is 5.35. The van der Waals surface area contributed by atoms with Crippen LogP contribution in [0.2, 0.25) is 0 Å². The highest BCUT2D eigenvalue weighted by Gasteiger charge is 2.23.